The first kappa shape index (κ1) is 13.9. The molecule has 2 rings (SSSR count). The summed E-state index contributed by atoms with van der Waals surface area (Å²) in [4.78, 5) is 0. The quantitative estimate of drug-likeness (QED) is 0.502. The molecule has 1 aromatic rings. The molecule has 1 saturated heterocycles. The molecule has 0 aliphatic carbocycles. The minimum absolute atomic E-state index is 0.218. The number of benzene rings is 1. The SMILES string of the molecule is Fc1ccccc1C=NNC(=S)NCC1CCCO1. The number of thiocarbonyl (C=S) groups is 1. The van der Waals surface area contributed by atoms with Gasteiger partial charge in [0, 0.05) is 18.7 Å². The fraction of sp³-hybridized carbons (Fsp3) is 0.385. The zero-order valence-corrected chi connectivity index (χ0v) is 11.3. The lowest BCUT2D eigenvalue weighted by Gasteiger charge is -2.11. The van der Waals surface area contributed by atoms with Crippen molar-refractivity contribution >= 4 is 23.5 Å². The van der Waals surface area contributed by atoms with Gasteiger partial charge in [-0.2, -0.15) is 5.10 Å². The lowest BCUT2D eigenvalue weighted by Crippen LogP contribution is -2.37. The maximum absolute atomic E-state index is 13.3. The molecule has 0 amide bonds. The van der Waals surface area contributed by atoms with E-state index in [0.717, 1.165) is 19.4 Å². The van der Waals surface area contributed by atoms with E-state index in [1.54, 1.807) is 18.2 Å². The molecule has 1 fully saturated rings. The number of nitrogens with one attached hydrogen (secondary N) is 2. The van der Waals surface area contributed by atoms with E-state index < -0.39 is 0 Å². The third kappa shape index (κ3) is 4.57. The normalized spacial score (nSPS) is 18.7. The number of halogens is 1. The van der Waals surface area contributed by atoms with Gasteiger partial charge in [0.1, 0.15) is 5.82 Å². The molecular weight excluding hydrogens is 265 g/mol. The van der Waals surface area contributed by atoms with E-state index in [4.69, 9.17) is 17.0 Å². The van der Waals surface area contributed by atoms with Crippen LogP contribution in [0.3, 0.4) is 0 Å². The summed E-state index contributed by atoms with van der Waals surface area (Å²) < 4.78 is 18.7. The van der Waals surface area contributed by atoms with Crippen molar-refractivity contribution in [3.05, 3.63) is 35.6 Å². The molecule has 0 bridgehead atoms. The van der Waals surface area contributed by atoms with E-state index in [2.05, 4.69) is 15.8 Å². The van der Waals surface area contributed by atoms with Crippen molar-refractivity contribution in [3.63, 3.8) is 0 Å². The van der Waals surface area contributed by atoms with Crippen molar-refractivity contribution in [1.82, 2.24) is 10.7 Å². The van der Waals surface area contributed by atoms with E-state index in [1.807, 2.05) is 0 Å². The fourth-order valence-electron chi connectivity index (χ4n) is 1.79. The van der Waals surface area contributed by atoms with Crippen LogP contribution in [0.5, 0.6) is 0 Å². The number of hydrogen-bond acceptors (Lipinski definition) is 3. The minimum atomic E-state index is -0.314. The molecule has 1 aliphatic heterocycles. The Morgan fingerprint density at radius 3 is 3.11 bits per heavy atom. The van der Waals surface area contributed by atoms with Crippen LogP contribution in [0.25, 0.3) is 0 Å². The molecule has 1 heterocycles. The highest BCUT2D eigenvalue weighted by Crippen LogP contribution is 2.10. The Morgan fingerprint density at radius 1 is 1.53 bits per heavy atom. The zero-order valence-electron chi connectivity index (χ0n) is 10.4. The lowest BCUT2D eigenvalue weighted by molar-refractivity contribution is 0.114. The zero-order chi connectivity index (χ0) is 13.5. The lowest BCUT2D eigenvalue weighted by atomic mass is 10.2. The molecule has 4 nitrogen and oxygen atoms in total. The van der Waals surface area contributed by atoms with Crippen molar-refractivity contribution in [1.29, 1.82) is 0 Å². The van der Waals surface area contributed by atoms with Crippen molar-refractivity contribution in [2.45, 2.75) is 18.9 Å². The highest BCUT2D eigenvalue weighted by molar-refractivity contribution is 7.80. The van der Waals surface area contributed by atoms with Crippen LogP contribution < -0.4 is 10.7 Å². The van der Waals surface area contributed by atoms with Crippen LogP contribution in [0, 0.1) is 5.82 Å². The van der Waals surface area contributed by atoms with Gasteiger partial charge in [-0.25, -0.2) is 4.39 Å². The van der Waals surface area contributed by atoms with Crippen LogP contribution in [-0.2, 0) is 4.74 Å². The van der Waals surface area contributed by atoms with Gasteiger partial charge in [0.25, 0.3) is 0 Å². The fourth-order valence-corrected chi connectivity index (χ4v) is 1.93. The largest absolute Gasteiger partial charge is 0.376 e. The summed E-state index contributed by atoms with van der Waals surface area (Å²) in [5.41, 5.74) is 3.06. The standard InChI is InChI=1S/C13H16FN3OS/c14-12-6-2-1-4-10(12)8-16-17-13(19)15-9-11-5-3-7-18-11/h1-2,4,6,8,11H,3,5,7,9H2,(H2,15,17,19). The Kier molecular flexibility index (Phi) is 5.23. The van der Waals surface area contributed by atoms with Gasteiger partial charge in [0.05, 0.1) is 12.3 Å². The Hall–Kier alpha value is -1.53. The summed E-state index contributed by atoms with van der Waals surface area (Å²) in [5, 5.41) is 7.31. The molecular formula is C13H16FN3OS. The predicted molar refractivity (Wildman–Crippen MR) is 76.7 cm³/mol. The van der Waals surface area contributed by atoms with Gasteiger partial charge in [-0.05, 0) is 31.1 Å². The molecule has 0 spiro atoms. The molecule has 0 radical (unpaired) electrons. The Bertz CT molecular complexity index is 461. The van der Waals surface area contributed by atoms with Gasteiger partial charge in [0.2, 0.25) is 0 Å². The highest BCUT2D eigenvalue weighted by atomic mass is 32.1. The Labute approximate surface area is 117 Å². The maximum atomic E-state index is 13.3. The molecule has 6 heteroatoms. The van der Waals surface area contributed by atoms with Gasteiger partial charge < -0.3 is 10.1 Å². The number of nitrogens with zero attached hydrogens (tertiary/aromatic N) is 1. The molecule has 1 aliphatic rings. The number of hydrogen-bond donors (Lipinski definition) is 2. The van der Waals surface area contributed by atoms with Crippen molar-refractivity contribution in [2.75, 3.05) is 13.2 Å². The van der Waals surface area contributed by atoms with Gasteiger partial charge in [-0.15, -0.1) is 0 Å². The number of rotatable bonds is 4. The molecule has 1 atom stereocenters. The smallest absolute Gasteiger partial charge is 0.187 e. The third-order valence-electron chi connectivity index (χ3n) is 2.79. The van der Waals surface area contributed by atoms with Crippen molar-refractivity contribution in [2.24, 2.45) is 5.10 Å². The van der Waals surface area contributed by atoms with E-state index in [0.29, 0.717) is 17.2 Å². The highest BCUT2D eigenvalue weighted by Gasteiger charge is 2.14. The maximum Gasteiger partial charge on any atom is 0.187 e. The van der Waals surface area contributed by atoms with Crippen LogP contribution in [0.2, 0.25) is 0 Å². The predicted octanol–water partition coefficient (Wildman–Crippen LogP) is 1.80. The summed E-state index contributed by atoms with van der Waals surface area (Å²) >= 11 is 5.05. The first-order valence-electron chi connectivity index (χ1n) is 6.19. The Morgan fingerprint density at radius 2 is 2.37 bits per heavy atom. The summed E-state index contributed by atoms with van der Waals surface area (Å²) in [7, 11) is 0. The molecule has 1 aromatic carbocycles. The summed E-state index contributed by atoms with van der Waals surface area (Å²) in [6.45, 7) is 1.49. The van der Waals surface area contributed by atoms with Gasteiger partial charge >= 0.3 is 0 Å². The molecule has 19 heavy (non-hydrogen) atoms. The van der Waals surface area contributed by atoms with Crippen LogP contribution in [0.4, 0.5) is 4.39 Å². The average Bonchev–Trinajstić information content (AvgIpc) is 2.92. The van der Waals surface area contributed by atoms with E-state index in [1.165, 1.54) is 12.3 Å². The second-order valence-electron chi connectivity index (χ2n) is 4.24. The van der Waals surface area contributed by atoms with Crippen LogP contribution in [0.1, 0.15) is 18.4 Å². The first-order valence-corrected chi connectivity index (χ1v) is 6.59. The van der Waals surface area contributed by atoms with Crippen LogP contribution in [0.15, 0.2) is 29.4 Å². The molecule has 2 N–H and O–H groups in total. The van der Waals surface area contributed by atoms with E-state index in [-0.39, 0.29) is 11.9 Å². The topological polar surface area (TPSA) is 45.7 Å². The van der Waals surface area contributed by atoms with Crippen molar-refractivity contribution in [3.8, 4) is 0 Å². The molecule has 0 aromatic heterocycles. The van der Waals surface area contributed by atoms with Crippen LogP contribution in [-0.4, -0.2) is 30.6 Å². The molecule has 0 saturated carbocycles. The molecule has 1 unspecified atom stereocenters. The number of ether oxygens (including phenoxy) is 1. The summed E-state index contributed by atoms with van der Waals surface area (Å²) in [5.74, 6) is -0.314. The number of hydrazone groups is 1. The second kappa shape index (κ2) is 7.16. The second-order valence-corrected chi connectivity index (χ2v) is 4.64. The first-order chi connectivity index (χ1) is 9.25. The summed E-state index contributed by atoms with van der Waals surface area (Å²) in [6, 6.07) is 6.41. The summed E-state index contributed by atoms with van der Waals surface area (Å²) in [6.07, 6.45) is 3.76. The van der Waals surface area contributed by atoms with Gasteiger partial charge in [-0.3, -0.25) is 5.43 Å². The van der Waals surface area contributed by atoms with Crippen molar-refractivity contribution < 1.29 is 9.13 Å². The minimum Gasteiger partial charge on any atom is -0.376 e. The van der Waals surface area contributed by atoms with E-state index >= 15 is 0 Å². The van der Waals surface area contributed by atoms with E-state index in [9.17, 15) is 4.39 Å². The van der Waals surface area contributed by atoms with Crippen LogP contribution >= 0.6 is 12.2 Å². The third-order valence-corrected chi connectivity index (χ3v) is 3.02. The van der Waals surface area contributed by atoms with Gasteiger partial charge in [-0.1, -0.05) is 18.2 Å². The van der Waals surface area contributed by atoms with Gasteiger partial charge in [0.15, 0.2) is 5.11 Å². The Balaban J connectivity index is 1.72. The average molecular weight is 281 g/mol. The monoisotopic (exact) mass is 281 g/mol. The molecule has 102 valence electrons.